The number of hydrogen-bond acceptors (Lipinski definition) is 5. The Bertz CT molecular complexity index is 617. The quantitative estimate of drug-likeness (QED) is 0.855. The largest absolute Gasteiger partial charge is 0.383 e. The van der Waals surface area contributed by atoms with E-state index in [2.05, 4.69) is 51.4 Å². The maximum absolute atomic E-state index is 5.03. The molecule has 2 aromatic rings. The molecule has 5 nitrogen and oxygen atoms in total. The molecule has 1 N–H and O–H groups in total. The van der Waals surface area contributed by atoms with Gasteiger partial charge in [0.2, 0.25) is 5.95 Å². The Labute approximate surface area is 125 Å². The lowest BCUT2D eigenvalue weighted by Crippen LogP contribution is -2.25. The van der Waals surface area contributed by atoms with E-state index in [4.69, 9.17) is 4.74 Å². The maximum Gasteiger partial charge on any atom is 0.224 e. The summed E-state index contributed by atoms with van der Waals surface area (Å²) in [5, 5.41) is 3.17. The summed E-state index contributed by atoms with van der Waals surface area (Å²) in [5.41, 5.74) is 2.61. The molecule has 1 unspecified atom stereocenters. The molecule has 0 spiro atoms. The van der Waals surface area contributed by atoms with Crippen LogP contribution in [0.3, 0.4) is 0 Å². The predicted octanol–water partition coefficient (Wildman–Crippen LogP) is 2.62. The van der Waals surface area contributed by atoms with Crippen LogP contribution in [0, 0.1) is 0 Å². The Kier molecular flexibility index (Phi) is 4.01. The van der Waals surface area contributed by atoms with E-state index < -0.39 is 0 Å². The van der Waals surface area contributed by atoms with Crippen LogP contribution in [0.25, 0.3) is 0 Å². The lowest BCUT2D eigenvalue weighted by atomic mass is 10.1. The van der Waals surface area contributed by atoms with E-state index >= 15 is 0 Å². The minimum atomic E-state index is 0.407. The zero-order valence-corrected chi connectivity index (χ0v) is 12.4. The number of benzene rings is 1. The summed E-state index contributed by atoms with van der Waals surface area (Å²) in [7, 11) is 1.68. The first-order valence-corrected chi connectivity index (χ1v) is 7.22. The zero-order valence-electron chi connectivity index (χ0n) is 12.4. The van der Waals surface area contributed by atoms with Gasteiger partial charge < -0.3 is 15.0 Å². The second-order valence-corrected chi connectivity index (χ2v) is 5.21. The van der Waals surface area contributed by atoms with Crippen molar-refractivity contribution >= 4 is 17.5 Å². The van der Waals surface area contributed by atoms with Gasteiger partial charge in [0.25, 0.3) is 0 Å². The second kappa shape index (κ2) is 6.10. The minimum absolute atomic E-state index is 0.407. The van der Waals surface area contributed by atoms with Crippen LogP contribution in [0.5, 0.6) is 0 Å². The standard InChI is InChI=1S/C16H20N4O/c1-12-11-13-5-3-4-6-14(13)20(12)15-7-8-17-16(19-15)18-9-10-21-2/h3-8,12H,9-11H2,1-2H3,(H,17,18,19). The van der Waals surface area contributed by atoms with E-state index in [-0.39, 0.29) is 0 Å². The summed E-state index contributed by atoms with van der Waals surface area (Å²) >= 11 is 0. The first-order valence-electron chi connectivity index (χ1n) is 7.22. The number of anilines is 3. The van der Waals surface area contributed by atoms with Gasteiger partial charge in [0.15, 0.2) is 0 Å². The molecule has 1 aromatic heterocycles. The highest BCUT2D eigenvalue weighted by Gasteiger charge is 2.27. The van der Waals surface area contributed by atoms with E-state index in [1.807, 2.05) is 6.07 Å². The SMILES string of the molecule is COCCNc1nccc(N2c3ccccc3CC2C)n1. The van der Waals surface area contributed by atoms with Crippen molar-refractivity contribution in [2.75, 3.05) is 30.5 Å². The number of nitrogens with zero attached hydrogens (tertiary/aromatic N) is 3. The molecule has 5 heteroatoms. The van der Waals surface area contributed by atoms with Crippen LogP contribution in [0.15, 0.2) is 36.5 Å². The number of methoxy groups -OCH3 is 1. The third kappa shape index (κ3) is 2.83. The van der Waals surface area contributed by atoms with Crippen molar-refractivity contribution in [2.45, 2.75) is 19.4 Å². The lowest BCUT2D eigenvalue weighted by molar-refractivity contribution is 0.210. The van der Waals surface area contributed by atoms with Crippen molar-refractivity contribution in [1.82, 2.24) is 9.97 Å². The van der Waals surface area contributed by atoms with Crippen LogP contribution < -0.4 is 10.2 Å². The molecule has 0 bridgehead atoms. The zero-order chi connectivity index (χ0) is 14.7. The van der Waals surface area contributed by atoms with E-state index in [1.54, 1.807) is 13.3 Å². The highest BCUT2D eigenvalue weighted by atomic mass is 16.5. The molecule has 21 heavy (non-hydrogen) atoms. The van der Waals surface area contributed by atoms with Gasteiger partial charge in [0, 0.05) is 31.6 Å². The topological polar surface area (TPSA) is 50.3 Å². The highest BCUT2D eigenvalue weighted by molar-refractivity contribution is 5.69. The fourth-order valence-corrected chi connectivity index (χ4v) is 2.75. The van der Waals surface area contributed by atoms with Gasteiger partial charge >= 0.3 is 0 Å². The van der Waals surface area contributed by atoms with Crippen molar-refractivity contribution in [3.05, 3.63) is 42.1 Å². The average Bonchev–Trinajstić information content (AvgIpc) is 2.83. The van der Waals surface area contributed by atoms with Gasteiger partial charge in [-0.15, -0.1) is 0 Å². The molecule has 0 fully saturated rings. The van der Waals surface area contributed by atoms with Crippen molar-refractivity contribution in [1.29, 1.82) is 0 Å². The van der Waals surface area contributed by atoms with Gasteiger partial charge in [0.05, 0.1) is 6.61 Å². The third-order valence-corrected chi connectivity index (χ3v) is 3.68. The second-order valence-electron chi connectivity index (χ2n) is 5.21. The van der Waals surface area contributed by atoms with Crippen LogP contribution in [0.1, 0.15) is 12.5 Å². The number of nitrogens with one attached hydrogen (secondary N) is 1. The number of fused-ring (bicyclic) bond motifs is 1. The molecular weight excluding hydrogens is 264 g/mol. The number of hydrogen-bond donors (Lipinski definition) is 1. The van der Waals surface area contributed by atoms with Crippen molar-refractivity contribution in [2.24, 2.45) is 0 Å². The molecule has 0 amide bonds. The van der Waals surface area contributed by atoms with Crippen LogP contribution in [0.4, 0.5) is 17.5 Å². The van der Waals surface area contributed by atoms with Crippen molar-refractivity contribution < 1.29 is 4.74 Å². The normalized spacial score (nSPS) is 16.9. The van der Waals surface area contributed by atoms with Gasteiger partial charge in [0.1, 0.15) is 5.82 Å². The van der Waals surface area contributed by atoms with Crippen LogP contribution in [0.2, 0.25) is 0 Å². The summed E-state index contributed by atoms with van der Waals surface area (Å²) in [6.07, 6.45) is 2.84. The van der Waals surface area contributed by atoms with Crippen LogP contribution in [-0.4, -0.2) is 36.3 Å². The number of rotatable bonds is 5. The van der Waals surface area contributed by atoms with Gasteiger partial charge in [-0.3, -0.25) is 0 Å². The monoisotopic (exact) mass is 284 g/mol. The summed E-state index contributed by atoms with van der Waals surface area (Å²) in [6.45, 7) is 3.56. The fraction of sp³-hybridized carbons (Fsp3) is 0.375. The molecule has 0 saturated carbocycles. The van der Waals surface area contributed by atoms with E-state index in [0.29, 0.717) is 25.1 Å². The van der Waals surface area contributed by atoms with Gasteiger partial charge in [-0.1, -0.05) is 18.2 Å². The van der Waals surface area contributed by atoms with E-state index in [9.17, 15) is 0 Å². The van der Waals surface area contributed by atoms with E-state index in [0.717, 1.165) is 12.2 Å². The molecular formula is C16H20N4O. The number of aromatic nitrogens is 2. The Morgan fingerprint density at radius 3 is 3.05 bits per heavy atom. The predicted molar refractivity (Wildman–Crippen MR) is 84.1 cm³/mol. The smallest absolute Gasteiger partial charge is 0.224 e. The molecule has 110 valence electrons. The maximum atomic E-state index is 5.03. The first kappa shape index (κ1) is 13.8. The molecule has 0 radical (unpaired) electrons. The van der Waals surface area contributed by atoms with Crippen LogP contribution in [-0.2, 0) is 11.2 Å². The van der Waals surface area contributed by atoms with Crippen LogP contribution >= 0.6 is 0 Å². The highest BCUT2D eigenvalue weighted by Crippen LogP contribution is 2.37. The van der Waals surface area contributed by atoms with E-state index in [1.165, 1.54) is 11.3 Å². The number of ether oxygens (including phenoxy) is 1. The Morgan fingerprint density at radius 1 is 1.33 bits per heavy atom. The van der Waals surface area contributed by atoms with Crippen molar-refractivity contribution in [3.8, 4) is 0 Å². The molecule has 0 saturated heterocycles. The summed E-state index contributed by atoms with van der Waals surface area (Å²) in [6, 6.07) is 10.9. The molecule has 1 aromatic carbocycles. The molecule has 3 rings (SSSR count). The van der Waals surface area contributed by atoms with Gasteiger partial charge in [-0.2, -0.15) is 4.98 Å². The molecule has 1 aliphatic rings. The molecule has 0 aliphatic carbocycles. The first-order chi connectivity index (χ1) is 10.3. The third-order valence-electron chi connectivity index (χ3n) is 3.68. The number of para-hydroxylation sites is 1. The Balaban J connectivity index is 1.85. The molecule has 2 heterocycles. The van der Waals surface area contributed by atoms with Gasteiger partial charge in [-0.05, 0) is 31.0 Å². The minimum Gasteiger partial charge on any atom is -0.383 e. The lowest BCUT2D eigenvalue weighted by Gasteiger charge is -2.24. The fourth-order valence-electron chi connectivity index (χ4n) is 2.75. The Morgan fingerprint density at radius 2 is 2.19 bits per heavy atom. The summed E-state index contributed by atoms with van der Waals surface area (Å²) in [5.74, 6) is 1.57. The summed E-state index contributed by atoms with van der Waals surface area (Å²) in [4.78, 5) is 11.2. The average molecular weight is 284 g/mol. The summed E-state index contributed by atoms with van der Waals surface area (Å²) < 4.78 is 5.03. The molecule has 1 aliphatic heterocycles. The van der Waals surface area contributed by atoms with Crippen molar-refractivity contribution in [3.63, 3.8) is 0 Å². The van der Waals surface area contributed by atoms with Gasteiger partial charge in [-0.25, -0.2) is 4.98 Å². The Hall–Kier alpha value is -2.14. The molecule has 1 atom stereocenters.